The lowest BCUT2D eigenvalue weighted by Crippen LogP contribution is -2.20. The molecule has 1 N–H and O–H groups in total. The molecule has 0 aliphatic carbocycles. The van der Waals surface area contributed by atoms with Gasteiger partial charge in [-0.3, -0.25) is 4.79 Å². The van der Waals surface area contributed by atoms with Crippen molar-refractivity contribution >= 4 is 56.2 Å². The zero-order valence-electron chi connectivity index (χ0n) is 18.4. The van der Waals surface area contributed by atoms with Crippen LogP contribution in [0.25, 0.3) is 15.7 Å². The lowest BCUT2D eigenvalue weighted by atomic mass is 9.91. The molecule has 0 aliphatic rings. The van der Waals surface area contributed by atoms with Crippen LogP contribution in [0.3, 0.4) is 0 Å². The number of ether oxygens (including phenoxy) is 1. The zero-order chi connectivity index (χ0) is 25.0. The summed E-state index contributed by atoms with van der Waals surface area (Å²) in [6.07, 6.45) is -4.69. The number of hydrogen-bond donors (Lipinski definition) is 1. The Morgan fingerprint density at radius 3 is 2.47 bits per heavy atom. The highest BCUT2D eigenvalue weighted by Gasteiger charge is 2.36. The second-order valence-corrected chi connectivity index (χ2v) is 9.91. The summed E-state index contributed by atoms with van der Waals surface area (Å²) < 4.78 is 47.0. The van der Waals surface area contributed by atoms with Crippen molar-refractivity contribution in [3.8, 4) is 0 Å². The molecular formula is C22H18ClF3N4O3S. The van der Waals surface area contributed by atoms with E-state index in [9.17, 15) is 22.8 Å². The Hall–Kier alpha value is -3.18. The number of thiophene rings is 1. The van der Waals surface area contributed by atoms with Crippen LogP contribution in [-0.4, -0.2) is 33.6 Å². The molecule has 0 aliphatic heterocycles. The number of carbonyl (C=O) groups is 2. The van der Waals surface area contributed by atoms with Crippen LogP contribution in [0.15, 0.2) is 30.3 Å². The predicted octanol–water partition coefficient (Wildman–Crippen LogP) is 5.95. The maximum atomic E-state index is 13.7. The van der Waals surface area contributed by atoms with Crippen LogP contribution in [0.4, 0.5) is 18.9 Å². The summed E-state index contributed by atoms with van der Waals surface area (Å²) in [7, 11) is 1.24. The molecule has 0 atom stereocenters. The van der Waals surface area contributed by atoms with Crippen molar-refractivity contribution in [2.24, 2.45) is 0 Å². The molecule has 178 valence electrons. The number of methoxy groups -OCH3 is 1. The van der Waals surface area contributed by atoms with Crippen molar-refractivity contribution in [2.45, 2.75) is 32.4 Å². The zero-order valence-corrected chi connectivity index (χ0v) is 19.9. The monoisotopic (exact) mass is 510 g/mol. The number of alkyl halides is 3. The number of hydrogen-bond acceptors (Lipinski definition) is 6. The first kappa shape index (κ1) is 24.0. The highest BCUT2D eigenvalue weighted by Crippen LogP contribution is 2.37. The normalized spacial score (nSPS) is 12.4. The van der Waals surface area contributed by atoms with Crippen molar-refractivity contribution in [1.29, 1.82) is 0 Å². The minimum absolute atomic E-state index is 0.0897. The van der Waals surface area contributed by atoms with Crippen LogP contribution in [0.1, 0.15) is 52.3 Å². The Morgan fingerprint density at radius 1 is 1.15 bits per heavy atom. The average Bonchev–Trinajstić information content (AvgIpc) is 3.32. The number of nitrogens with zero attached hydrogens (tertiary/aromatic N) is 3. The van der Waals surface area contributed by atoms with E-state index in [1.807, 2.05) is 0 Å². The summed E-state index contributed by atoms with van der Waals surface area (Å²) in [5.74, 6) is -1.30. The van der Waals surface area contributed by atoms with Crippen LogP contribution < -0.4 is 5.32 Å². The van der Waals surface area contributed by atoms with E-state index >= 15 is 0 Å². The molecule has 0 unspecified atom stereocenters. The van der Waals surface area contributed by atoms with Crippen LogP contribution in [0.5, 0.6) is 0 Å². The lowest BCUT2D eigenvalue weighted by Gasteiger charge is -2.19. The van der Waals surface area contributed by atoms with E-state index in [4.69, 9.17) is 16.3 Å². The first-order valence-electron chi connectivity index (χ1n) is 9.90. The molecule has 4 aromatic rings. The van der Waals surface area contributed by atoms with Crippen molar-refractivity contribution in [1.82, 2.24) is 14.6 Å². The third-order valence-corrected chi connectivity index (χ3v) is 6.61. The van der Waals surface area contributed by atoms with Gasteiger partial charge in [-0.05, 0) is 24.3 Å². The van der Waals surface area contributed by atoms with E-state index in [2.05, 4.69) is 15.4 Å². The fraction of sp³-hybridized carbons (Fsp3) is 0.273. The number of rotatable bonds is 3. The predicted molar refractivity (Wildman–Crippen MR) is 123 cm³/mol. The van der Waals surface area contributed by atoms with E-state index in [-0.39, 0.29) is 26.9 Å². The standard InChI is InChI=1S/C22H18ClF3N4O3S/c1-21(2,3)14-9-15(22(24,25)26)30-16(28-14)8-12(29-30)19(31)27-10-5-6-11-13(7-10)34-18(17(11)23)20(32)33-4/h5-9H,1-4H3,(H,27,31). The summed E-state index contributed by atoms with van der Waals surface area (Å²) in [5.41, 5.74) is -1.42. The van der Waals surface area contributed by atoms with E-state index in [0.717, 1.165) is 17.4 Å². The first-order chi connectivity index (χ1) is 15.8. The molecule has 1 amide bonds. The van der Waals surface area contributed by atoms with Gasteiger partial charge >= 0.3 is 12.1 Å². The third kappa shape index (κ3) is 4.32. The minimum Gasteiger partial charge on any atom is -0.465 e. The van der Waals surface area contributed by atoms with Crippen LogP contribution >= 0.6 is 22.9 Å². The van der Waals surface area contributed by atoms with Gasteiger partial charge in [-0.1, -0.05) is 32.4 Å². The van der Waals surface area contributed by atoms with Crippen LogP contribution in [0.2, 0.25) is 5.02 Å². The van der Waals surface area contributed by atoms with Crippen LogP contribution in [-0.2, 0) is 16.3 Å². The number of fused-ring (bicyclic) bond motifs is 2. The molecule has 0 saturated heterocycles. The van der Waals surface area contributed by atoms with Gasteiger partial charge < -0.3 is 10.1 Å². The average molecular weight is 511 g/mol. The van der Waals surface area contributed by atoms with E-state index < -0.39 is 29.2 Å². The van der Waals surface area contributed by atoms with Gasteiger partial charge in [-0.2, -0.15) is 18.3 Å². The molecule has 1 aromatic carbocycles. The van der Waals surface area contributed by atoms with Crippen molar-refractivity contribution in [3.63, 3.8) is 0 Å². The second-order valence-electron chi connectivity index (χ2n) is 8.48. The third-order valence-electron chi connectivity index (χ3n) is 4.98. The number of nitrogens with one attached hydrogen (secondary N) is 1. The Morgan fingerprint density at radius 2 is 1.85 bits per heavy atom. The number of carbonyl (C=O) groups excluding carboxylic acids is 2. The van der Waals surface area contributed by atoms with Gasteiger partial charge in [0, 0.05) is 27.3 Å². The Kier molecular flexibility index (Phi) is 5.81. The molecule has 34 heavy (non-hydrogen) atoms. The maximum absolute atomic E-state index is 13.7. The van der Waals surface area contributed by atoms with Crippen LogP contribution in [0, 0.1) is 0 Å². The summed E-state index contributed by atoms with van der Waals surface area (Å²) >= 11 is 7.33. The molecule has 4 rings (SSSR count). The molecule has 0 saturated carbocycles. The molecule has 0 spiro atoms. The molecule has 0 radical (unpaired) electrons. The largest absolute Gasteiger partial charge is 0.465 e. The Labute approximate surface area is 200 Å². The van der Waals surface area contributed by atoms with Gasteiger partial charge in [0.25, 0.3) is 5.91 Å². The molecule has 12 heteroatoms. The number of benzene rings is 1. The number of anilines is 1. The van der Waals surface area contributed by atoms with Gasteiger partial charge in [0.2, 0.25) is 0 Å². The van der Waals surface area contributed by atoms with Crippen molar-refractivity contribution < 1.29 is 27.5 Å². The smallest absolute Gasteiger partial charge is 0.433 e. The quantitative estimate of drug-likeness (QED) is 0.344. The molecule has 0 bridgehead atoms. The Balaban J connectivity index is 1.70. The molecule has 7 nitrogen and oxygen atoms in total. The highest BCUT2D eigenvalue weighted by molar-refractivity contribution is 7.21. The molecule has 3 aromatic heterocycles. The van der Waals surface area contributed by atoms with Crippen molar-refractivity contribution in [2.75, 3.05) is 12.4 Å². The fourth-order valence-corrected chi connectivity index (χ4v) is 4.70. The SMILES string of the molecule is COC(=O)c1sc2cc(NC(=O)c3cc4nc(C(C)(C)C)cc(C(F)(F)F)n4n3)ccc2c1Cl. The molecule has 0 fully saturated rings. The molecule has 3 heterocycles. The van der Waals surface area contributed by atoms with Gasteiger partial charge in [0.1, 0.15) is 10.6 Å². The number of esters is 1. The van der Waals surface area contributed by atoms with E-state index in [1.54, 1.807) is 39.0 Å². The second kappa shape index (κ2) is 8.24. The highest BCUT2D eigenvalue weighted by atomic mass is 35.5. The van der Waals surface area contributed by atoms with Gasteiger partial charge in [0.05, 0.1) is 17.8 Å². The topological polar surface area (TPSA) is 85.6 Å². The molecular weight excluding hydrogens is 493 g/mol. The number of amides is 1. The fourth-order valence-electron chi connectivity index (χ4n) is 3.23. The minimum atomic E-state index is -4.69. The van der Waals surface area contributed by atoms with Gasteiger partial charge in [0.15, 0.2) is 11.3 Å². The summed E-state index contributed by atoms with van der Waals surface area (Å²) in [6, 6.07) is 6.93. The lowest BCUT2D eigenvalue weighted by molar-refractivity contribution is -0.142. The number of halogens is 4. The first-order valence-corrected chi connectivity index (χ1v) is 11.1. The van der Waals surface area contributed by atoms with Crippen molar-refractivity contribution in [3.05, 3.63) is 57.3 Å². The summed E-state index contributed by atoms with van der Waals surface area (Å²) in [6.45, 7) is 5.23. The van der Waals surface area contributed by atoms with E-state index in [0.29, 0.717) is 20.3 Å². The van der Waals surface area contributed by atoms with E-state index in [1.165, 1.54) is 13.2 Å². The van der Waals surface area contributed by atoms with Gasteiger partial charge in [-0.25, -0.2) is 14.3 Å². The summed E-state index contributed by atoms with van der Waals surface area (Å²) in [4.78, 5) is 29.2. The summed E-state index contributed by atoms with van der Waals surface area (Å²) in [5, 5.41) is 7.31. The Bertz CT molecular complexity index is 1450. The maximum Gasteiger partial charge on any atom is 0.433 e. The van der Waals surface area contributed by atoms with Gasteiger partial charge in [-0.15, -0.1) is 11.3 Å². The number of aromatic nitrogens is 3.